The molecule has 2 aromatic rings. The van der Waals surface area contributed by atoms with Crippen LogP contribution in [0, 0.1) is 11.3 Å². The van der Waals surface area contributed by atoms with Crippen LogP contribution in [0.4, 0.5) is 5.82 Å². The number of nitrogens with zero attached hydrogens (tertiary/aromatic N) is 4. The van der Waals surface area contributed by atoms with Crippen molar-refractivity contribution in [1.29, 1.82) is 5.26 Å². The zero-order valence-corrected chi connectivity index (χ0v) is 7.75. The van der Waals surface area contributed by atoms with Crippen molar-refractivity contribution in [2.75, 3.05) is 5.73 Å². The molecule has 0 spiro atoms. The van der Waals surface area contributed by atoms with Crippen LogP contribution in [0.1, 0.15) is 5.56 Å². The van der Waals surface area contributed by atoms with Gasteiger partial charge in [-0.1, -0.05) is 0 Å². The van der Waals surface area contributed by atoms with Gasteiger partial charge in [-0.05, 0) is 12.1 Å². The van der Waals surface area contributed by atoms with Gasteiger partial charge in [-0.3, -0.25) is 4.98 Å². The molecule has 72 valence electrons. The minimum atomic E-state index is 0.391. The third-order valence-corrected chi connectivity index (χ3v) is 1.80. The smallest absolute Gasteiger partial charge is 0.163 e. The molecule has 0 unspecified atom stereocenters. The van der Waals surface area contributed by atoms with Crippen LogP contribution in [0.2, 0.25) is 0 Å². The number of anilines is 1. The molecule has 0 fully saturated rings. The molecule has 2 aromatic heterocycles. The predicted molar refractivity (Wildman–Crippen MR) is 54.4 cm³/mol. The van der Waals surface area contributed by atoms with Gasteiger partial charge in [0.05, 0.1) is 5.56 Å². The van der Waals surface area contributed by atoms with Crippen molar-refractivity contribution < 1.29 is 0 Å². The number of nitrogen functional groups attached to an aromatic ring is 1. The van der Waals surface area contributed by atoms with Crippen LogP contribution in [-0.4, -0.2) is 15.0 Å². The standard InChI is InChI=1S/C10H7N5/c11-4-7-3-8(6-13-5-7)10-14-2-1-9(12)15-10/h1-3,5-6H,(H2,12,14,15). The Labute approximate surface area is 86.2 Å². The number of hydrogen-bond donors (Lipinski definition) is 1. The Morgan fingerprint density at radius 1 is 1.33 bits per heavy atom. The highest BCUT2D eigenvalue weighted by Crippen LogP contribution is 2.14. The maximum Gasteiger partial charge on any atom is 0.163 e. The van der Waals surface area contributed by atoms with Crippen LogP contribution in [0.5, 0.6) is 0 Å². The van der Waals surface area contributed by atoms with Crippen molar-refractivity contribution in [3.05, 3.63) is 36.3 Å². The fourth-order valence-corrected chi connectivity index (χ4v) is 1.14. The van der Waals surface area contributed by atoms with Crippen LogP contribution in [0.25, 0.3) is 11.4 Å². The van der Waals surface area contributed by atoms with Crippen LogP contribution in [0.15, 0.2) is 30.7 Å². The number of hydrogen-bond acceptors (Lipinski definition) is 5. The number of nitriles is 1. The molecule has 0 amide bonds. The lowest BCUT2D eigenvalue weighted by Gasteiger charge is -1.99. The zero-order chi connectivity index (χ0) is 10.7. The molecule has 0 aliphatic rings. The molecular weight excluding hydrogens is 190 g/mol. The maximum absolute atomic E-state index is 8.71. The van der Waals surface area contributed by atoms with E-state index in [2.05, 4.69) is 15.0 Å². The lowest BCUT2D eigenvalue weighted by molar-refractivity contribution is 1.17. The van der Waals surface area contributed by atoms with E-state index < -0.39 is 0 Å². The molecule has 0 atom stereocenters. The zero-order valence-electron chi connectivity index (χ0n) is 7.75. The predicted octanol–water partition coefficient (Wildman–Crippen LogP) is 0.992. The van der Waals surface area contributed by atoms with Gasteiger partial charge in [-0.2, -0.15) is 5.26 Å². The topological polar surface area (TPSA) is 88.5 Å². The highest BCUT2D eigenvalue weighted by atomic mass is 14.9. The Kier molecular flexibility index (Phi) is 2.25. The molecule has 0 aliphatic carbocycles. The average molecular weight is 197 g/mol. The van der Waals surface area contributed by atoms with E-state index in [1.165, 1.54) is 6.20 Å². The Morgan fingerprint density at radius 3 is 2.93 bits per heavy atom. The first-order valence-corrected chi connectivity index (χ1v) is 4.23. The summed E-state index contributed by atoms with van der Waals surface area (Å²) in [5.74, 6) is 0.863. The normalized spacial score (nSPS) is 9.53. The molecular formula is C10H7N5. The van der Waals surface area contributed by atoms with Crippen molar-refractivity contribution >= 4 is 5.82 Å². The first-order chi connectivity index (χ1) is 7.29. The summed E-state index contributed by atoms with van der Waals surface area (Å²) >= 11 is 0. The second kappa shape index (κ2) is 3.72. The molecule has 5 heteroatoms. The molecule has 2 heterocycles. The third kappa shape index (κ3) is 1.89. The van der Waals surface area contributed by atoms with Gasteiger partial charge in [0.2, 0.25) is 0 Å². The molecule has 0 aliphatic heterocycles. The fraction of sp³-hybridized carbons (Fsp3) is 0. The number of rotatable bonds is 1. The lowest BCUT2D eigenvalue weighted by atomic mass is 10.2. The van der Waals surface area contributed by atoms with Gasteiger partial charge in [0, 0.05) is 24.2 Å². The maximum atomic E-state index is 8.71. The monoisotopic (exact) mass is 197 g/mol. The van der Waals surface area contributed by atoms with E-state index in [9.17, 15) is 0 Å². The molecule has 2 N–H and O–H groups in total. The lowest BCUT2D eigenvalue weighted by Crippen LogP contribution is -1.95. The summed E-state index contributed by atoms with van der Waals surface area (Å²) in [6, 6.07) is 5.27. The van der Waals surface area contributed by atoms with Gasteiger partial charge in [-0.25, -0.2) is 9.97 Å². The summed E-state index contributed by atoms with van der Waals surface area (Å²) in [7, 11) is 0. The number of aromatic nitrogens is 3. The van der Waals surface area contributed by atoms with E-state index in [0.717, 1.165) is 0 Å². The van der Waals surface area contributed by atoms with E-state index in [-0.39, 0.29) is 0 Å². The van der Waals surface area contributed by atoms with Crippen molar-refractivity contribution in [3.8, 4) is 17.5 Å². The highest BCUT2D eigenvalue weighted by Gasteiger charge is 2.02. The van der Waals surface area contributed by atoms with E-state index in [4.69, 9.17) is 11.0 Å². The quantitative estimate of drug-likeness (QED) is 0.736. The summed E-state index contributed by atoms with van der Waals surface area (Å²) in [4.78, 5) is 12.0. The summed E-state index contributed by atoms with van der Waals surface area (Å²) < 4.78 is 0. The van der Waals surface area contributed by atoms with Gasteiger partial charge >= 0.3 is 0 Å². The summed E-state index contributed by atoms with van der Waals surface area (Å²) in [6.45, 7) is 0. The van der Waals surface area contributed by atoms with Crippen LogP contribution in [0.3, 0.4) is 0 Å². The molecule has 0 bridgehead atoms. The molecule has 0 aromatic carbocycles. The van der Waals surface area contributed by atoms with Crippen molar-refractivity contribution in [2.24, 2.45) is 0 Å². The summed E-state index contributed by atoms with van der Waals surface area (Å²) in [5.41, 5.74) is 6.68. The van der Waals surface area contributed by atoms with Gasteiger partial charge in [0.1, 0.15) is 11.9 Å². The first-order valence-electron chi connectivity index (χ1n) is 4.23. The first kappa shape index (κ1) is 9.09. The minimum Gasteiger partial charge on any atom is -0.384 e. The Hall–Kier alpha value is -2.48. The average Bonchev–Trinajstić information content (AvgIpc) is 2.29. The number of nitrogens with two attached hydrogens (primary N) is 1. The molecule has 0 radical (unpaired) electrons. The fourth-order valence-electron chi connectivity index (χ4n) is 1.14. The van der Waals surface area contributed by atoms with E-state index in [1.54, 1.807) is 24.5 Å². The minimum absolute atomic E-state index is 0.391. The Bertz CT molecular complexity index is 529. The largest absolute Gasteiger partial charge is 0.384 e. The molecule has 15 heavy (non-hydrogen) atoms. The van der Waals surface area contributed by atoms with Crippen LogP contribution < -0.4 is 5.73 Å². The van der Waals surface area contributed by atoms with E-state index in [0.29, 0.717) is 22.8 Å². The van der Waals surface area contributed by atoms with E-state index in [1.807, 2.05) is 6.07 Å². The number of pyridine rings is 1. The molecule has 2 rings (SSSR count). The van der Waals surface area contributed by atoms with Crippen molar-refractivity contribution in [3.63, 3.8) is 0 Å². The SMILES string of the molecule is N#Cc1cncc(-c2nccc(N)n2)c1. The van der Waals surface area contributed by atoms with Crippen molar-refractivity contribution in [2.45, 2.75) is 0 Å². The van der Waals surface area contributed by atoms with Crippen LogP contribution in [-0.2, 0) is 0 Å². The second-order valence-electron chi connectivity index (χ2n) is 2.88. The third-order valence-electron chi connectivity index (χ3n) is 1.80. The van der Waals surface area contributed by atoms with Gasteiger partial charge < -0.3 is 5.73 Å². The van der Waals surface area contributed by atoms with Crippen molar-refractivity contribution in [1.82, 2.24) is 15.0 Å². The second-order valence-corrected chi connectivity index (χ2v) is 2.88. The molecule has 0 saturated carbocycles. The van der Waals surface area contributed by atoms with Gasteiger partial charge in [-0.15, -0.1) is 0 Å². The summed E-state index contributed by atoms with van der Waals surface area (Å²) in [6.07, 6.45) is 4.64. The van der Waals surface area contributed by atoms with E-state index >= 15 is 0 Å². The molecule has 0 saturated heterocycles. The molecule has 5 nitrogen and oxygen atoms in total. The van der Waals surface area contributed by atoms with Crippen LogP contribution >= 0.6 is 0 Å². The summed E-state index contributed by atoms with van der Waals surface area (Å²) in [5, 5.41) is 8.71. The Balaban J connectivity index is 2.50. The highest BCUT2D eigenvalue weighted by molar-refractivity contribution is 5.57. The van der Waals surface area contributed by atoms with Gasteiger partial charge in [0.15, 0.2) is 5.82 Å². The van der Waals surface area contributed by atoms with Gasteiger partial charge in [0.25, 0.3) is 0 Å². The Morgan fingerprint density at radius 2 is 2.20 bits per heavy atom.